The number of fused-ring (bicyclic) bond motifs is 1. The fraction of sp³-hybridized carbons (Fsp3) is 0.600. The predicted molar refractivity (Wildman–Crippen MR) is 131 cm³/mol. The molecule has 1 fully saturated rings. The van der Waals surface area contributed by atoms with E-state index in [2.05, 4.69) is 36.7 Å². The van der Waals surface area contributed by atoms with Crippen molar-refractivity contribution in [1.29, 1.82) is 0 Å². The number of methoxy groups -OCH3 is 1. The van der Waals surface area contributed by atoms with Crippen LogP contribution in [0.3, 0.4) is 0 Å². The number of carbonyl (C=O) groups excluding carboxylic acids is 1. The number of anilines is 1. The van der Waals surface area contributed by atoms with Gasteiger partial charge in [0.05, 0.1) is 23.3 Å². The molecule has 1 aliphatic rings. The van der Waals surface area contributed by atoms with Gasteiger partial charge in [0, 0.05) is 25.1 Å². The molecule has 7 nitrogen and oxygen atoms in total. The monoisotopic (exact) mass is 441 g/mol. The minimum atomic E-state index is -0.319. The average molecular weight is 442 g/mol. The molecule has 1 aromatic heterocycles. The molecule has 1 saturated carbocycles. The number of hydrogen-bond donors (Lipinski definition) is 4. The van der Waals surface area contributed by atoms with Crippen LogP contribution in [0, 0.1) is 18.8 Å². The Morgan fingerprint density at radius 3 is 2.62 bits per heavy atom. The maximum Gasteiger partial charge on any atom is 0.256 e. The molecule has 0 saturated heterocycles. The van der Waals surface area contributed by atoms with Crippen LogP contribution in [-0.2, 0) is 4.74 Å². The first-order valence-corrected chi connectivity index (χ1v) is 11.8. The number of hydrogen-bond acceptors (Lipinski definition) is 6. The van der Waals surface area contributed by atoms with Crippen LogP contribution >= 0.6 is 0 Å². The van der Waals surface area contributed by atoms with Crippen molar-refractivity contribution in [3.05, 3.63) is 35.4 Å². The lowest BCUT2D eigenvalue weighted by Crippen LogP contribution is -2.46. The van der Waals surface area contributed by atoms with Crippen LogP contribution in [0.5, 0.6) is 0 Å². The summed E-state index contributed by atoms with van der Waals surface area (Å²) < 4.78 is 5.79. The highest BCUT2D eigenvalue weighted by molar-refractivity contribution is 6.02. The zero-order valence-electron chi connectivity index (χ0n) is 20.1. The molecule has 1 amide bonds. The van der Waals surface area contributed by atoms with Crippen molar-refractivity contribution in [2.24, 2.45) is 17.6 Å². The largest absolute Gasteiger partial charge is 0.378 e. The molecule has 0 spiro atoms. The molecule has 176 valence electrons. The Kier molecular flexibility index (Phi) is 8.45. The molecule has 2 aromatic rings. The highest BCUT2D eigenvalue weighted by Crippen LogP contribution is 2.31. The Labute approximate surface area is 191 Å². The summed E-state index contributed by atoms with van der Waals surface area (Å²) in [7, 11) is 1.73. The standard InChI is InChI=1S/C25H39N5O2/c1-6-20(27-13-15(2)3)22(32-5)14-28-24-19(25(31)30-23(26)17-8-9-17)12-18-11-16(4)7-10-21(18)29-24/h7,10-12,15,17,20,22-23,27H,6,8-9,13-14,26H2,1-5H3,(H,28,29)(H,30,31). The van der Waals surface area contributed by atoms with E-state index in [4.69, 9.17) is 15.5 Å². The van der Waals surface area contributed by atoms with Gasteiger partial charge >= 0.3 is 0 Å². The van der Waals surface area contributed by atoms with E-state index in [1.165, 1.54) is 0 Å². The van der Waals surface area contributed by atoms with Gasteiger partial charge in [-0.3, -0.25) is 4.79 Å². The van der Waals surface area contributed by atoms with Crippen LogP contribution in [0.15, 0.2) is 24.3 Å². The molecule has 0 bridgehead atoms. The van der Waals surface area contributed by atoms with Crippen molar-refractivity contribution < 1.29 is 9.53 Å². The number of ether oxygens (including phenoxy) is 1. The summed E-state index contributed by atoms with van der Waals surface area (Å²) in [6.45, 7) is 10.0. The number of nitrogens with zero attached hydrogens (tertiary/aromatic N) is 1. The van der Waals surface area contributed by atoms with E-state index in [0.717, 1.165) is 42.3 Å². The molecule has 1 aromatic carbocycles. The SMILES string of the molecule is CCC(NCC(C)C)C(CNc1nc2ccc(C)cc2cc1C(=O)NC(N)C1CC1)OC. The van der Waals surface area contributed by atoms with E-state index < -0.39 is 0 Å². The van der Waals surface area contributed by atoms with E-state index in [-0.39, 0.29) is 24.2 Å². The van der Waals surface area contributed by atoms with E-state index in [9.17, 15) is 4.79 Å². The second kappa shape index (κ2) is 11.1. The minimum absolute atomic E-state index is 0.0566. The molecule has 3 atom stereocenters. The number of nitrogens with two attached hydrogens (primary N) is 1. The van der Waals surface area contributed by atoms with Crippen LogP contribution < -0.4 is 21.7 Å². The fourth-order valence-corrected chi connectivity index (χ4v) is 3.92. The number of amides is 1. The number of benzene rings is 1. The molecular weight excluding hydrogens is 402 g/mol. The highest BCUT2D eigenvalue weighted by atomic mass is 16.5. The van der Waals surface area contributed by atoms with Gasteiger partial charge < -0.3 is 26.4 Å². The van der Waals surface area contributed by atoms with E-state index >= 15 is 0 Å². The topological polar surface area (TPSA) is 101 Å². The lowest BCUT2D eigenvalue weighted by molar-refractivity contribution is 0.0756. The zero-order valence-corrected chi connectivity index (χ0v) is 20.1. The molecule has 3 rings (SSSR count). The molecule has 3 unspecified atom stereocenters. The van der Waals surface area contributed by atoms with E-state index in [0.29, 0.717) is 29.8 Å². The van der Waals surface area contributed by atoms with Gasteiger partial charge in [0.25, 0.3) is 5.91 Å². The first-order chi connectivity index (χ1) is 15.3. The Morgan fingerprint density at radius 2 is 2.00 bits per heavy atom. The number of pyridine rings is 1. The summed E-state index contributed by atoms with van der Waals surface area (Å²) >= 11 is 0. The van der Waals surface area contributed by atoms with Gasteiger partial charge in [-0.2, -0.15) is 0 Å². The summed E-state index contributed by atoms with van der Waals surface area (Å²) in [6.07, 6.45) is 2.71. The van der Waals surface area contributed by atoms with Gasteiger partial charge in [-0.15, -0.1) is 0 Å². The Balaban J connectivity index is 1.82. The third-order valence-electron chi connectivity index (χ3n) is 6.09. The molecule has 5 N–H and O–H groups in total. The molecule has 1 heterocycles. The van der Waals surface area contributed by atoms with Crippen LogP contribution in [-0.4, -0.2) is 49.4 Å². The van der Waals surface area contributed by atoms with Crippen molar-refractivity contribution >= 4 is 22.6 Å². The third-order valence-corrected chi connectivity index (χ3v) is 6.09. The summed E-state index contributed by atoms with van der Waals surface area (Å²) in [4.78, 5) is 17.9. The quantitative estimate of drug-likeness (QED) is 0.377. The lowest BCUT2D eigenvalue weighted by atomic mass is 10.1. The molecule has 7 heteroatoms. The van der Waals surface area contributed by atoms with Crippen molar-refractivity contribution in [2.75, 3.05) is 25.5 Å². The number of rotatable bonds is 12. The van der Waals surface area contributed by atoms with Gasteiger partial charge in [-0.25, -0.2) is 4.98 Å². The lowest BCUT2D eigenvalue weighted by Gasteiger charge is -2.27. The summed E-state index contributed by atoms with van der Waals surface area (Å²) in [6, 6.07) is 8.18. The van der Waals surface area contributed by atoms with Crippen LogP contribution in [0.2, 0.25) is 0 Å². The molecule has 0 radical (unpaired) electrons. The Hall–Kier alpha value is -2.22. The van der Waals surface area contributed by atoms with Gasteiger partial charge in [-0.05, 0) is 62.8 Å². The third kappa shape index (κ3) is 6.40. The maximum atomic E-state index is 13.1. The van der Waals surface area contributed by atoms with Crippen LogP contribution in [0.4, 0.5) is 5.82 Å². The number of carbonyl (C=O) groups is 1. The molecule has 1 aliphatic carbocycles. The summed E-state index contributed by atoms with van der Waals surface area (Å²) in [5.41, 5.74) is 8.65. The smallest absolute Gasteiger partial charge is 0.256 e. The number of aryl methyl sites for hydroxylation is 1. The van der Waals surface area contributed by atoms with Gasteiger partial charge in [0.15, 0.2) is 0 Å². The van der Waals surface area contributed by atoms with Crippen molar-refractivity contribution in [3.63, 3.8) is 0 Å². The first-order valence-electron chi connectivity index (χ1n) is 11.8. The van der Waals surface area contributed by atoms with Gasteiger partial charge in [0.1, 0.15) is 5.82 Å². The zero-order chi connectivity index (χ0) is 23.3. The average Bonchev–Trinajstić information content (AvgIpc) is 3.60. The summed E-state index contributed by atoms with van der Waals surface area (Å²) in [5.74, 6) is 1.30. The van der Waals surface area contributed by atoms with Gasteiger partial charge in [-0.1, -0.05) is 32.4 Å². The fourth-order valence-electron chi connectivity index (χ4n) is 3.92. The number of aromatic nitrogens is 1. The van der Waals surface area contributed by atoms with Crippen LogP contribution in [0.25, 0.3) is 10.9 Å². The van der Waals surface area contributed by atoms with Crippen molar-refractivity contribution in [3.8, 4) is 0 Å². The highest BCUT2D eigenvalue weighted by Gasteiger charge is 2.30. The van der Waals surface area contributed by atoms with Crippen LogP contribution in [0.1, 0.15) is 56.0 Å². The van der Waals surface area contributed by atoms with Gasteiger partial charge in [0.2, 0.25) is 0 Å². The van der Waals surface area contributed by atoms with E-state index in [1.54, 1.807) is 7.11 Å². The number of nitrogens with one attached hydrogen (secondary N) is 3. The first kappa shape index (κ1) is 24.4. The van der Waals surface area contributed by atoms with Crippen molar-refractivity contribution in [2.45, 2.75) is 65.3 Å². The minimum Gasteiger partial charge on any atom is -0.378 e. The Morgan fingerprint density at radius 1 is 1.25 bits per heavy atom. The molecular formula is C25H39N5O2. The molecule has 32 heavy (non-hydrogen) atoms. The maximum absolute atomic E-state index is 13.1. The molecule has 0 aliphatic heterocycles. The van der Waals surface area contributed by atoms with Crippen molar-refractivity contribution in [1.82, 2.24) is 15.6 Å². The second-order valence-electron chi connectivity index (χ2n) is 9.39. The second-order valence-corrected chi connectivity index (χ2v) is 9.39. The van der Waals surface area contributed by atoms with E-state index in [1.807, 2.05) is 31.2 Å². The Bertz CT molecular complexity index is 913. The normalized spacial score (nSPS) is 16.7. The predicted octanol–water partition coefficient (Wildman–Crippen LogP) is 3.42. The summed E-state index contributed by atoms with van der Waals surface area (Å²) in [5, 5.41) is 10.9.